The Labute approximate surface area is 124 Å². The third-order valence-electron chi connectivity index (χ3n) is 4.72. The summed E-state index contributed by atoms with van der Waals surface area (Å²) in [6.07, 6.45) is 3.74. The number of fused-ring (bicyclic) bond motifs is 1. The molecule has 1 aromatic heterocycles. The van der Waals surface area contributed by atoms with Gasteiger partial charge in [-0.25, -0.2) is 9.78 Å². The molecule has 1 unspecified atom stereocenters. The average Bonchev–Trinajstić information content (AvgIpc) is 2.75. The van der Waals surface area contributed by atoms with Crippen molar-refractivity contribution in [3.8, 4) is 0 Å². The number of carboxylic acid groups (broad SMARTS) is 1. The standard InChI is InChI=1S/C17H22N2O2/c1-10(2)16-18-14-9-5-8-13(17(20)21)15(14)19(16)11(3)12-6-4-7-12/h5,8-12H,4,6-7H2,1-3H3,(H,20,21). The maximum atomic E-state index is 11.6. The number of aromatic nitrogens is 2. The molecule has 1 fully saturated rings. The summed E-state index contributed by atoms with van der Waals surface area (Å²) in [4.78, 5) is 16.3. The number of benzene rings is 1. The molecule has 3 rings (SSSR count). The van der Waals surface area contributed by atoms with Crippen molar-refractivity contribution in [3.05, 3.63) is 29.6 Å². The summed E-state index contributed by atoms with van der Waals surface area (Å²) < 4.78 is 2.19. The minimum absolute atomic E-state index is 0.279. The number of hydrogen-bond donors (Lipinski definition) is 1. The van der Waals surface area contributed by atoms with E-state index in [9.17, 15) is 9.90 Å². The predicted molar refractivity (Wildman–Crippen MR) is 82.8 cm³/mol. The van der Waals surface area contributed by atoms with E-state index in [2.05, 4.69) is 25.3 Å². The van der Waals surface area contributed by atoms with Crippen LogP contribution in [0.3, 0.4) is 0 Å². The van der Waals surface area contributed by atoms with E-state index in [4.69, 9.17) is 4.98 Å². The lowest BCUT2D eigenvalue weighted by molar-refractivity contribution is 0.0698. The van der Waals surface area contributed by atoms with Crippen molar-refractivity contribution >= 4 is 17.0 Å². The SMILES string of the molecule is CC(C)c1nc2cccc(C(=O)O)c2n1C(C)C1CCC1. The van der Waals surface area contributed by atoms with Gasteiger partial charge in [0.05, 0.1) is 16.6 Å². The second kappa shape index (κ2) is 5.17. The van der Waals surface area contributed by atoms with Gasteiger partial charge in [0.2, 0.25) is 0 Å². The van der Waals surface area contributed by atoms with Crippen LogP contribution in [0.2, 0.25) is 0 Å². The Bertz CT molecular complexity index is 683. The first-order chi connectivity index (χ1) is 10.0. The predicted octanol–water partition coefficient (Wildman–Crippen LogP) is 4.22. The lowest BCUT2D eigenvalue weighted by atomic mass is 9.80. The summed E-state index contributed by atoms with van der Waals surface area (Å²) >= 11 is 0. The van der Waals surface area contributed by atoms with Crippen molar-refractivity contribution in [1.29, 1.82) is 0 Å². The first-order valence-electron chi connectivity index (χ1n) is 7.74. The second-order valence-corrected chi connectivity index (χ2v) is 6.40. The summed E-state index contributed by atoms with van der Waals surface area (Å²) in [5.74, 6) is 1.04. The summed E-state index contributed by atoms with van der Waals surface area (Å²) in [5.41, 5.74) is 1.94. The fourth-order valence-electron chi connectivity index (χ4n) is 3.29. The first kappa shape index (κ1) is 14.1. The molecule has 1 aliphatic carbocycles. The molecule has 4 nitrogen and oxygen atoms in total. The van der Waals surface area contributed by atoms with Crippen LogP contribution in [0.15, 0.2) is 18.2 Å². The van der Waals surface area contributed by atoms with Crippen LogP contribution in [0.5, 0.6) is 0 Å². The van der Waals surface area contributed by atoms with Crippen LogP contribution in [0.1, 0.15) is 68.2 Å². The molecule has 2 aromatic rings. The minimum Gasteiger partial charge on any atom is -0.478 e. The molecule has 21 heavy (non-hydrogen) atoms. The van der Waals surface area contributed by atoms with Crippen molar-refractivity contribution in [2.75, 3.05) is 0 Å². The Morgan fingerprint density at radius 3 is 2.57 bits per heavy atom. The molecule has 0 amide bonds. The quantitative estimate of drug-likeness (QED) is 0.915. The van der Waals surface area contributed by atoms with Crippen LogP contribution in [0, 0.1) is 5.92 Å². The molecule has 1 aromatic carbocycles. The summed E-state index contributed by atoms with van der Waals surface area (Å²) in [5, 5.41) is 9.51. The highest BCUT2D eigenvalue weighted by molar-refractivity contribution is 6.01. The van der Waals surface area contributed by atoms with Gasteiger partial charge in [0.1, 0.15) is 5.82 Å². The van der Waals surface area contributed by atoms with Gasteiger partial charge < -0.3 is 9.67 Å². The van der Waals surface area contributed by atoms with E-state index in [0.717, 1.165) is 16.9 Å². The third-order valence-corrected chi connectivity index (χ3v) is 4.72. The largest absolute Gasteiger partial charge is 0.478 e. The topological polar surface area (TPSA) is 55.1 Å². The number of hydrogen-bond acceptors (Lipinski definition) is 2. The molecular formula is C17H22N2O2. The van der Waals surface area contributed by atoms with Crippen LogP contribution in [-0.2, 0) is 0 Å². The number of rotatable bonds is 4. The Hall–Kier alpha value is -1.84. The van der Waals surface area contributed by atoms with E-state index in [0.29, 0.717) is 17.5 Å². The molecule has 1 atom stereocenters. The monoisotopic (exact) mass is 286 g/mol. The van der Waals surface area contributed by atoms with Crippen molar-refractivity contribution in [3.63, 3.8) is 0 Å². The van der Waals surface area contributed by atoms with Gasteiger partial charge in [-0.3, -0.25) is 0 Å². The highest BCUT2D eigenvalue weighted by Crippen LogP contribution is 2.39. The number of carboxylic acids is 1. The molecule has 1 N–H and O–H groups in total. The maximum Gasteiger partial charge on any atom is 0.337 e. The summed E-state index contributed by atoms with van der Waals surface area (Å²) in [7, 11) is 0. The van der Waals surface area contributed by atoms with Crippen LogP contribution < -0.4 is 0 Å². The molecule has 112 valence electrons. The molecule has 4 heteroatoms. The van der Waals surface area contributed by atoms with Gasteiger partial charge in [0, 0.05) is 12.0 Å². The normalized spacial score (nSPS) is 17.1. The lowest BCUT2D eigenvalue weighted by Crippen LogP contribution is -2.25. The van der Waals surface area contributed by atoms with Gasteiger partial charge in [-0.15, -0.1) is 0 Å². The van der Waals surface area contributed by atoms with Crippen molar-refractivity contribution < 1.29 is 9.90 Å². The highest BCUT2D eigenvalue weighted by atomic mass is 16.4. The van der Waals surface area contributed by atoms with Gasteiger partial charge in [-0.2, -0.15) is 0 Å². The Kier molecular flexibility index (Phi) is 3.47. The zero-order chi connectivity index (χ0) is 15.1. The molecule has 1 saturated carbocycles. The minimum atomic E-state index is -0.877. The number of carbonyl (C=O) groups is 1. The number of aromatic carboxylic acids is 1. The number of imidazole rings is 1. The maximum absolute atomic E-state index is 11.6. The second-order valence-electron chi connectivity index (χ2n) is 6.40. The Morgan fingerprint density at radius 1 is 1.33 bits per heavy atom. The zero-order valence-electron chi connectivity index (χ0n) is 12.8. The smallest absolute Gasteiger partial charge is 0.337 e. The fourth-order valence-corrected chi connectivity index (χ4v) is 3.29. The third kappa shape index (κ3) is 2.23. The van der Waals surface area contributed by atoms with Crippen LogP contribution in [0.4, 0.5) is 0 Å². The van der Waals surface area contributed by atoms with Gasteiger partial charge >= 0.3 is 5.97 Å². The van der Waals surface area contributed by atoms with E-state index in [-0.39, 0.29) is 5.92 Å². The molecule has 0 bridgehead atoms. The lowest BCUT2D eigenvalue weighted by Gasteiger charge is -2.34. The van der Waals surface area contributed by atoms with Crippen LogP contribution >= 0.6 is 0 Å². The highest BCUT2D eigenvalue weighted by Gasteiger charge is 2.30. The van der Waals surface area contributed by atoms with Gasteiger partial charge in [-0.05, 0) is 37.8 Å². The molecule has 0 aliphatic heterocycles. The van der Waals surface area contributed by atoms with E-state index in [1.165, 1.54) is 19.3 Å². The van der Waals surface area contributed by atoms with E-state index in [1.807, 2.05) is 6.07 Å². The molecule has 0 radical (unpaired) electrons. The Morgan fingerprint density at radius 2 is 2.05 bits per heavy atom. The van der Waals surface area contributed by atoms with Crippen molar-refractivity contribution in [2.45, 2.75) is 52.0 Å². The van der Waals surface area contributed by atoms with Crippen LogP contribution in [-0.4, -0.2) is 20.6 Å². The van der Waals surface area contributed by atoms with Gasteiger partial charge in [0.15, 0.2) is 0 Å². The van der Waals surface area contributed by atoms with Crippen molar-refractivity contribution in [1.82, 2.24) is 9.55 Å². The molecule has 0 saturated heterocycles. The number of para-hydroxylation sites is 1. The molecular weight excluding hydrogens is 264 g/mol. The Balaban J connectivity index is 2.26. The number of nitrogens with zero attached hydrogens (tertiary/aromatic N) is 2. The van der Waals surface area contributed by atoms with E-state index in [1.54, 1.807) is 12.1 Å². The summed E-state index contributed by atoms with van der Waals surface area (Å²) in [6, 6.07) is 5.68. The molecule has 1 heterocycles. The van der Waals surface area contributed by atoms with Gasteiger partial charge in [0.25, 0.3) is 0 Å². The van der Waals surface area contributed by atoms with Crippen molar-refractivity contribution in [2.24, 2.45) is 5.92 Å². The first-order valence-corrected chi connectivity index (χ1v) is 7.74. The molecule has 1 aliphatic rings. The average molecular weight is 286 g/mol. The summed E-state index contributed by atoms with van der Waals surface area (Å²) in [6.45, 7) is 6.44. The fraction of sp³-hybridized carbons (Fsp3) is 0.529. The molecule has 0 spiro atoms. The zero-order valence-corrected chi connectivity index (χ0v) is 12.8. The van der Waals surface area contributed by atoms with E-state index >= 15 is 0 Å². The van der Waals surface area contributed by atoms with Gasteiger partial charge in [-0.1, -0.05) is 26.3 Å². The van der Waals surface area contributed by atoms with E-state index < -0.39 is 5.97 Å². The van der Waals surface area contributed by atoms with Crippen LogP contribution in [0.25, 0.3) is 11.0 Å².